The molecule has 0 saturated carbocycles. The van der Waals surface area contributed by atoms with Crippen molar-refractivity contribution in [3.05, 3.63) is 53.6 Å². The highest BCUT2D eigenvalue weighted by Gasteiger charge is 2.25. The lowest BCUT2D eigenvalue weighted by atomic mass is 10.1. The number of benzene rings is 2. The van der Waals surface area contributed by atoms with E-state index in [1.807, 2.05) is 24.3 Å². The number of hydrogen-bond acceptors (Lipinski definition) is 5. The molecule has 0 radical (unpaired) electrons. The maximum absolute atomic E-state index is 11.9. The normalized spacial score (nSPS) is 16.1. The van der Waals surface area contributed by atoms with Gasteiger partial charge in [0.25, 0.3) is 5.91 Å². The Balaban J connectivity index is 1.48. The molecule has 0 aromatic heterocycles. The smallest absolute Gasteiger partial charge is 0.335 e. The van der Waals surface area contributed by atoms with Gasteiger partial charge in [0.2, 0.25) is 0 Å². The quantitative estimate of drug-likeness (QED) is 0.758. The number of nitrogens with one attached hydrogen (secondary N) is 1. The summed E-state index contributed by atoms with van der Waals surface area (Å²) in [5.74, 6) is -0.835. The lowest BCUT2D eigenvalue weighted by Crippen LogP contribution is -2.27. The fraction of sp³-hybridized carbons (Fsp3) is 0.333. The minimum Gasteiger partial charge on any atom is -0.454 e. The molecule has 0 aliphatic carbocycles. The molecule has 1 fully saturated rings. The molecule has 1 aliphatic heterocycles. The molecule has 6 heteroatoms. The molecule has 3 rings (SSSR count). The third kappa shape index (κ3) is 5.58. The topological polar surface area (TPSA) is 64.6 Å². The van der Waals surface area contributed by atoms with E-state index in [0.717, 1.165) is 11.3 Å². The van der Waals surface area contributed by atoms with Crippen molar-refractivity contribution >= 4 is 29.3 Å². The van der Waals surface area contributed by atoms with Gasteiger partial charge in [-0.05, 0) is 74.2 Å². The van der Waals surface area contributed by atoms with Crippen molar-refractivity contribution in [2.24, 2.45) is 0 Å². The van der Waals surface area contributed by atoms with Gasteiger partial charge in [0.1, 0.15) is 0 Å². The Morgan fingerprint density at radius 2 is 1.85 bits per heavy atom. The zero-order chi connectivity index (χ0) is 19.2. The van der Waals surface area contributed by atoms with Crippen molar-refractivity contribution in [1.82, 2.24) is 0 Å². The molecule has 1 aliphatic rings. The first-order chi connectivity index (χ1) is 13.0. The second-order valence-electron chi connectivity index (χ2n) is 6.53. The Bertz CT molecular complexity index is 813. The number of carbonyl (C=O) groups excluding carboxylic acids is 2. The van der Waals surface area contributed by atoms with E-state index in [-0.39, 0.29) is 12.5 Å². The summed E-state index contributed by atoms with van der Waals surface area (Å²) in [6.07, 6.45) is 0.970. The number of esters is 1. The molecule has 142 valence electrons. The fourth-order valence-corrected chi connectivity index (χ4v) is 3.63. The standard InChI is InChI=1S/C21H23NO4S/c1-14-5-8-18(12-15(14)2)27-17-9-6-16(7-10-17)22-20(23)13-26-21(24)19-4-3-11-25-19/h5-10,12,19H,3-4,11,13H2,1-2H3,(H,22,23)/t19-/m1/s1. The molecule has 2 aromatic carbocycles. The molecule has 0 unspecified atom stereocenters. The molecule has 1 heterocycles. The summed E-state index contributed by atoms with van der Waals surface area (Å²) in [5, 5.41) is 2.73. The second-order valence-corrected chi connectivity index (χ2v) is 7.68. The van der Waals surface area contributed by atoms with Crippen LogP contribution >= 0.6 is 11.8 Å². The van der Waals surface area contributed by atoms with E-state index in [1.54, 1.807) is 11.8 Å². The van der Waals surface area contributed by atoms with Gasteiger partial charge in [-0.25, -0.2) is 4.79 Å². The molecule has 1 atom stereocenters. The summed E-state index contributed by atoms with van der Waals surface area (Å²) in [6.45, 7) is 4.46. The summed E-state index contributed by atoms with van der Waals surface area (Å²) < 4.78 is 10.2. The molecule has 1 amide bonds. The molecule has 1 N–H and O–H groups in total. The van der Waals surface area contributed by atoms with Crippen LogP contribution in [0, 0.1) is 13.8 Å². The van der Waals surface area contributed by atoms with Crippen LogP contribution in [0.15, 0.2) is 52.3 Å². The van der Waals surface area contributed by atoms with Crippen molar-refractivity contribution in [3.63, 3.8) is 0 Å². The molecule has 5 nitrogen and oxygen atoms in total. The molecular formula is C21H23NO4S. The highest BCUT2D eigenvalue weighted by molar-refractivity contribution is 7.99. The van der Waals surface area contributed by atoms with Gasteiger partial charge in [0.15, 0.2) is 12.7 Å². The van der Waals surface area contributed by atoms with Gasteiger partial charge in [0, 0.05) is 22.1 Å². The van der Waals surface area contributed by atoms with Crippen LogP contribution < -0.4 is 5.32 Å². The van der Waals surface area contributed by atoms with Crippen LogP contribution in [-0.2, 0) is 19.1 Å². The number of carbonyl (C=O) groups is 2. The number of amides is 1. The minimum absolute atomic E-state index is 0.308. The van der Waals surface area contributed by atoms with Crippen LogP contribution in [0.3, 0.4) is 0 Å². The molecule has 0 spiro atoms. The van der Waals surface area contributed by atoms with Gasteiger partial charge in [-0.15, -0.1) is 0 Å². The second kappa shape index (κ2) is 9.06. The SMILES string of the molecule is Cc1ccc(Sc2ccc(NC(=O)COC(=O)[C@H]3CCCO3)cc2)cc1C. The lowest BCUT2D eigenvalue weighted by Gasteiger charge is -2.10. The van der Waals surface area contributed by atoms with Crippen molar-refractivity contribution in [2.75, 3.05) is 18.5 Å². The number of ether oxygens (including phenoxy) is 2. The van der Waals surface area contributed by atoms with Crippen molar-refractivity contribution < 1.29 is 19.1 Å². The third-order valence-corrected chi connectivity index (χ3v) is 5.39. The lowest BCUT2D eigenvalue weighted by molar-refractivity contribution is -0.156. The largest absolute Gasteiger partial charge is 0.454 e. The minimum atomic E-state index is -0.528. The van der Waals surface area contributed by atoms with E-state index in [0.29, 0.717) is 18.7 Å². The van der Waals surface area contributed by atoms with Gasteiger partial charge in [0.05, 0.1) is 0 Å². The monoisotopic (exact) mass is 385 g/mol. The van der Waals surface area contributed by atoms with E-state index >= 15 is 0 Å². The molecule has 0 bridgehead atoms. The Morgan fingerprint density at radius 1 is 1.11 bits per heavy atom. The maximum atomic E-state index is 11.9. The maximum Gasteiger partial charge on any atom is 0.335 e. The molecule has 2 aromatic rings. The number of aryl methyl sites for hydroxylation is 2. The summed E-state index contributed by atoms with van der Waals surface area (Å²) in [5.41, 5.74) is 3.21. The van der Waals surface area contributed by atoms with E-state index in [4.69, 9.17) is 9.47 Å². The summed E-state index contributed by atoms with van der Waals surface area (Å²) in [6, 6.07) is 14.0. The zero-order valence-corrected chi connectivity index (χ0v) is 16.3. The van der Waals surface area contributed by atoms with E-state index in [2.05, 4.69) is 37.4 Å². The molecule has 1 saturated heterocycles. The van der Waals surface area contributed by atoms with Crippen LogP contribution in [0.25, 0.3) is 0 Å². The van der Waals surface area contributed by atoms with Crippen LogP contribution in [-0.4, -0.2) is 31.2 Å². The highest BCUT2D eigenvalue weighted by Crippen LogP contribution is 2.29. The third-order valence-electron chi connectivity index (χ3n) is 4.39. The fourth-order valence-electron chi connectivity index (χ4n) is 2.71. The van der Waals surface area contributed by atoms with E-state index in [1.165, 1.54) is 16.0 Å². The van der Waals surface area contributed by atoms with Gasteiger partial charge in [-0.2, -0.15) is 0 Å². The van der Waals surface area contributed by atoms with E-state index < -0.39 is 12.1 Å². The molecule has 27 heavy (non-hydrogen) atoms. The van der Waals surface area contributed by atoms with Crippen LogP contribution in [0.1, 0.15) is 24.0 Å². The number of rotatable bonds is 6. The van der Waals surface area contributed by atoms with Gasteiger partial charge >= 0.3 is 5.97 Å². The van der Waals surface area contributed by atoms with Crippen molar-refractivity contribution in [2.45, 2.75) is 42.6 Å². The van der Waals surface area contributed by atoms with E-state index in [9.17, 15) is 9.59 Å². The Kier molecular flexibility index (Phi) is 6.53. The van der Waals surface area contributed by atoms with Crippen LogP contribution in [0.2, 0.25) is 0 Å². The van der Waals surface area contributed by atoms with Gasteiger partial charge < -0.3 is 14.8 Å². The van der Waals surface area contributed by atoms with Gasteiger partial charge in [-0.1, -0.05) is 17.8 Å². The Morgan fingerprint density at radius 3 is 2.52 bits per heavy atom. The summed E-state index contributed by atoms with van der Waals surface area (Å²) >= 11 is 1.67. The first-order valence-electron chi connectivity index (χ1n) is 8.94. The van der Waals surface area contributed by atoms with Gasteiger partial charge in [-0.3, -0.25) is 4.79 Å². The first kappa shape index (κ1) is 19.5. The average Bonchev–Trinajstić information content (AvgIpc) is 3.19. The van der Waals surface area contributed by atoms with Crippen molar-refractivity contribution in [1.29, 1.82) is 0 Å². The van der Waals surface area contributed by atoms with Crippen LogP contribution in [0.5, 0.6) is 0 Å². The Hall–Kier alpha value is -2.31. The number of anilines is 1. The first-order valence-corrected chi connectivity index (χ1v) is 9.76. The summed E-state index contributed by atoms with van der Waals surface area (Å²) in [4.78, 5) is 25.9. The predicted molar refractivity (Wildman–Crippen MR) is 105 cm³/mol. The predicted octanol–water partition coefficient (Wildman–Crippen LogP) is 4.12. The number of hydrogen-bond donors (Lipinski definition) is 1. The van der Waals surface area contributed by atoms with Crippen molar-refractivity contribution in [3.8, 4) is 0 Å². The average molecular weight is 385 g/mol. The highest BCUT2D eigenvalue weighted by atomic mass is 32.2. The summed E-state index contributed by atoms with van der Waals surface area (Å²) in [7, 11) is 0. The molecular weight excluding hydrogens is 362 g/mol. The van der Waals surface area contributed by atoms with Crippen LogP contribution in [0.4, 0.5) is 5.69 Å². The Labute approximate surface area is 163 Å². The zero-order valence-electron chi connectivity index (χ0n) is 15.5.